The number of pyridine rings is 1. The van der Waals surface area contributed by atoms with Crippen LogP contribution in [0.2, 0.25) is 0 Å². The van der Waals surface area contributed by atoms with Gasteiger partial charge in [0.05, 0.1) is 18.5 Å². The van der Waals surface area contributed by atoms with E-state index in [1.165, 1.54) is 24.3 Å². The van der Waals surface area contributed by atoms with Crippen LogP contribution >= 0.6 is 0 Å². The van der Waals surface area contributed by atoms with Crippen LogP contribution in [0.25, 0.3) is 22.4 Å². The third kappa shape index (κ3) is 3.23. The molecular formula is C17H14N2O6. The van der Waals surface area contributed by atoms with E-state index < -0.39 is 11.5 Å². The van der Waals surface area contributed by atoms with Gasteiger partial charge in [-0.15, -0.1) is 0 Å². The topological polar surface area (TPSA) is 122 Å². The van der Waals surface area contributed by atoms with Crippen LogP contribution in [0.1, 0.15) is 6.92 Å². The smallest absolute Gasteiger partial charge is 0.411 e. The molecule has 8 nitrogen and oxygen atoms in total. The fourth-order valence-corrected chi connectivity index (χ4v) is 2.33. The van der Waals surface area contributed by atoms with Gasteiger partial charge in [0, 0.05) is 12.1 Å². The number of carbonyl (C=O) groups excluding carboxylic acids is 1. The molecule has 0 radical (unpaired) electrons. The minimum atomic E-state index is -0.739. The number of hydrogen-bond donors (Lipinski definition) is 3. The summed E-state index contributed by atoms with van der Waals surface area (Å²) in [6.45, 7) is 1.81. The molecule has 128 valence electrons. The van der Waals surface area contributed by atoms with Crippen molar-refractivity contribution in [2.24, 2.45) is 0 Å². The fraction of sp³-hybridized carbons (Fsp3) is 0.118. The fourth-order valence-electron chi connectivity index (χ4n) is 2.33. The van der Waals surface area contributed by atoms with E-state index in [1.807, 2.05) is 0 Å². The summed E-state index contributed by atoms with van der Waals surface area (Å²) in [5.74, 6) is -0.312. The molecule has 0 aliphatic rings. The van der Waals surface area contributed by atoms with Crippen molar-refractivity contribution in [1.82, 2.24) is 4.98 Å². The van der Waals surface area contributed by atoms with Gasteiger partial charge in [0.25, 0.3) is 0 Å². The molecule has 0 bridgehead atoms. The van der Waals surface area contributed by atoms with E-state index in [0.717, 1.165) is 12.3 Å². The van der Waals surface area contributed by atoms with E-state index in [-0.39, 0.29) is 46.2 Å². The van der Waals surface area contributed by atoms with Crippen molar-refractivity contribution in [3.63, 3.8) is 0 Å². The molecule has 8 heteroatoms. The predicted octanol–water partition coefficient (Wildman–Crippen LogP) is 2.83. The third-order valence-corrected chi connectivity index (χ3v) is 3.35. The molecule has 3 rings (SSSR count). The highest BCUT2D eigenvalue weighted by molar-refractivity contribution is 5.91. The van der Waals surface area contributed by atoms with Crippen LogP contribution in [0.15, 0.2) is 45.7 Å². The van der Waals surface area contributed by atoms with Gasteiger partial charge >= 0.3 is 6.09 Å². The van der Waals surface area contributed by atoms with Crippen LogP contribution in [0.4, 0.5) is 10.5 Å². The molecule has 0 atom stereocenters. The van der Waals surface area contributed by atoms with E-state index >= 15 is 0 Å². The van der Waals surface area contributed by atoms with Gasteiger partial charge in [0.2, 0.25) is 0 Å². The Hall–Kier alpha value is -3.55. The highest BCUT2D eigenvalue weighted by Crippen LogP contribution is 2.31. The molecule has 1 amide bonds. The van der Waals surface area contributed by atoms with Gasteiger partial charge in [-0.2, -0.15) is 0 Å². The molecule has 3 aromatic rings. The summed E-state index contributed by atoms with van der Waals surface area (Å²) in [5.41, 5.74) is -0.0555. The van der Waals surface area contributed by atoms with Crippen molar-refractivity contribution in [2.45, 2.75) is 6.92 Å². The summed E-state index contributed by atoms with van der Waals surface area (Å²) in [4.78, 5) is 28.0. The first-order chi connectivity index (χ1) is 12.0. The molecule has 0 saturated carbocycles. The van der Waals surface area contributed by atoms with Gasteiger partial charge in [-0.25, -0.2) is 9.78 Å². The zero-order valence-corrected chi connectivity index (χ0v) is 13.1. The quantitative estimate of drug-likeness (QED) is 0.669. The summed E-state index contributed by atoms with van der Waals surface area (Å²) in [5, 5.41) is 21.9. The number of phenols is 1. The number of ether oxygens (including phenoxy) is 1. The van der Waals surface area contributed by atoms with Crippen LogP contribution in [-0.2, 0) is 4.74 Å². The number of aromatic nitrogens is 1. The van der Waals surface area contributed by atoms with E-state index in [1.54, 1.807) is 6.92 Å². The predicted molar refractivity (Wildman–Crippen MR) is 89.7 cm³/mol. The van der Waals surface area contributed by atoms with Crippen LogP contribution in [0.5, 0.6) is 11.5 Å². The second kappa shape index (κ2) is 6.52. The molecule has 2 aromatic heterocycles. The first-order valence-corrected chi connectivity index (χ1v) is 7.38. The number of nitrogens with one attached hydrogen (secondary N) is 1. The van der Waals surface area contributed by atoms with Crippen molar-refractivity contribution in [3.8, 4) is 23.0 Å². The molecule has 0 saturated heterocycles. The summed E-state index contributed by atoms with van der Waals surface area (Å²) in [6.07, 6.45) is 0.412. The molecule has 1 aromatic carbocycles. The zero-order chi connectivity index (χ0) is 18.0. The van der Waals surface area contributed by atoms with Crippen LogP contribution in [-0.4, -0.2) is 27.9 Å². The maximum Gasteiger partial charge on any atom is 0.411 e. The molecule has 25 heavy (non-hydrogen) atoms. The Bertz CT molecular complexity index is 1010. The molecule has 0 aliphatic heterocycles. The van der Waals surface area contributed by atoms with Crippen LogP contribution < -0.4 is 10.7 Å². The van der Waals surface area contributed by atoms with Crippen molar-refractivity contribution < 1.29 is 24.2 Å². The van der Waals surface area contributed by atoms with E-state index in [4.69, 9.17) is 9.15 Å². The Balaban J connectivity index is 2.15. The van der Waals surface area contributed by atoms with E-state index in [9.17, 15) is 19.8 Å². The minimum absolute atomic E-state index is 0.0462. The summed E-state index contributed by atoms with van der Waals surface area (Å²) >= 11 is 0. The molecule has 0 unspecified atom stereocenters. The standard InChI is InChI=1S/C17H14N2O6/c1-2-24-17(23)19-10-6-9(20)8-18-16(10)14-7-12(22)15-11(21)4-3-5-13(15)25-14/h3-8,20-21H,2H2,1H3,(H,19,23). The third-order valence-electron chi connectivity index (χ3n) is 3.35. The first-order valence-electron chi connectivity index (χ1n) is 7.38. The number of aromatic hydroxyl groups is 2. The number of hydrogen-bond acceptors (Lipinski definition) is 7. The maximum absolute atomic E-state index is 12.3. The molecular weight excluding hydrogens is 328 g/mol. The summed E-state index contributed by atoms with van der Waals surface area (Å²) in [6, 6.07) is 6.85. The number of rotatable bonds is 3. The summed E-state index contributed by atoms with van der Waals surface area (Å²) < 4.78 is 10.4. The monoisotopic (exact) mass is 342 g/mol. The van der Waals surface area contributed by atoms with Gasteiger partial charge in [0.15, 0.2) is 11.2 Å². The van der Waals surface area contributed by atoms with Gasteiger partial charge in [-0.05, 0) is 19.1 Å². The molecule has 3 N–H and O–H groups in total. The minimum Gasteiger partial charge on any atom is -0.507 e. The number of nitrogens with zero attached hydrogens (tertiary/aromatic N) is 1. The Labute approximate surface area is 141 Å². The Morgan fingerprint density at radius 3 is 2.88 bits per heavy atom. The van der Waals surface area contributed by atoms with Crippen molar-refractivity contribution >= 4 is 22.7 Å². The van der Waals surface area contributed by atoms with Crippen molar-refractivity contribution in [1.29, 1.82) is 0 Å². The Morgan fingerprint density at radius 1 is 1.32 bits per heavy atom. The number of phenolic OH excluding ortho intramolecular Hbond substituents is 1. The van der Waals surface area contributed by atoms with Crippen molar-refractivity contribution in [3.05, 3.63) is 46.8 Å². The van der Waals surface area contributed by atoms with Gasteiger partial charge in [-0.1, -0.05) is 6.07 Å². The highest BCUT2D eigenvalue weighted by Gasteiger charge is 2.16. The largest absolute Gasteiger partial charge is 0.507 e. The molecule has 0 spiro atoms. The molecule has 0 fully saturated rings. The number of benzene rings is 1. The number of carbonyl (C=O) groups is 1. The lowest BCUT2D eigenvalue weighted by molar-refractivity contribution is 0.168. The van der Waals surface area contributed by atoms with Crippen molar-refractivity contribution in [2.75, 3.05) is 11.9 Å². The highest BCUT2D eigenvalue weighted by atomic mass is 16.5. The zero-order valence-electron chi connectivity index (χ0n) is 13.1. The Kier molecular flexibility index (Phi) is 4.25. The maximum atomic E-state index is 12.3. The number of fused-ring (bicyclic) bond motifs is 1. The summed E-state index contributed by atoms with van der Waals surface area (Å²) in [7, 11) is 0. The second-order valence-corrected chi connectivity index (χ2v) is 5.06. The van der Waals surface area contributed by atoms with E-state index in [2.05, 4.69) is 10.3 Å². The van der Waals surface area contributed by atoms with Crippen LogP contribution in [0, 0.1) is 0 Å². The van der Waals surface area contributed by atoms with Crippen LogP contribution in [0.3, 0.4) is 0 Å². The van der Waals surface area contributed by atoms with E-state index in [0.29, 0.717) is 0 Å². The lowest BCUT2D eigenvalue weighted by Gasteiger charge is -2.10. The SMILES string of the molecule is CCOC(=O)Nc1cc(O)cnc1-c1cc(=O)c2c(O)cccc2o1. The Morgan fingerprint density at radius 2 is 2.12 bits per heavy atom. The lowest BCUT2D eigenvalue weighted by atomic mass is 10.1. The molecule has 2 heterocycles. The molecule has 0 aliphatic carbocycles. The normalized spacial score (nSPS) is 10.6. The second-order valence-electron chi connectivity index (χ2n) is 5.06. The number of anilines is 1. The average molecular weight is 342 g/mol. The number of amides is 1. The lowest BCUT2D eigenvalue weighted by Crippen LogP contribution is -2.14. The average Bonchev–Trinajstić information content (AvgIpc) is 2.54. The van der Waals surface area contributed by atoms with Gasteiger partial charge in [0.1, 0.15) is 28.2 Å². The van der Waals surface area contributed by atoms with Gasteiger partial charge < -0.3 is 19.4 Å². The van der Waals surface area contributed by atoms with Gasteiger partial charge in [-0.3, -0.25) is 10.1 Å². The first kappa shape index (κ1) is 16.3.